The molecule has 0 unspecified atom stereocenters. The van der Waals surface area contributed by atoms with Crippen molar-refractivity contribution in [2.75, 3.05) is 12.3 Å². The van der Waals surface area contributed by atoms with Gasteiger partial charge in [-0.2, -0.15) is 0 Å². The van der Waals surface area contributed by atoms with Crippen LogP contribution in [0.15, 0.2) is 29.4 Å². The van der Waals surface area contributed by atoms with Crippen molar-refractivity contribution in [3.05, 3.63) is 29.3 Å². The predicted octanol–water partition coefficient (Wildman–Crippen LogP) is 2.07. The lowest BCUT2D eigenvalue weighted by Crippen LogP contribution is -2.40. The summed E-state index contributed by atoms with van der Waals surface area (Å²) in [7, 11) is 1.79. The quantitative estimate of drug-likeness (QED) is 0.803. The van der Waals surface area contributed by atoms with Crippen LogP contribution in [0.1, 0.15) is 6.92 Å². The number of hydrogen-bond donors (Lipinski definition) is 2. The average molecular weight is 354 g/mol. The SMILES string of the molecule is CCNC(=O)NC(=O)CSc1nnc(-c2ccccc2Cl)n1C. The number of urea groups is 1. The Labute approximate surface area is 142 Å². The molecular formula is C14H16ClN5O2S. The smallest absolute Gasteiger partial charge is 0.321 e. The molecule has 0 saturated carbocycles. The molecule has 0 aliphatic heterocycles. The second kappa shape index (κ2) is 7.98. The number of carbonyl (C=O) groups excluding carboxylic acids is 2. The van der Waals surface area contributed by atoms with Crippen LogP contribution in [0.5, 0.6) is 0 Å². The molecule has 3 amide bonds. The van der Waals surface area contributed by atoms with Crippen LogP contribution < -0.4 is 10.6 Å². The summed E-state index contributed by atoms with van der Waals surface area (Å²) in [6.07, 6.45) is 0. The zero-order chi connectivity index (χ0) is 16.8. The highest BCUT2D eigenvalue weighted by Gasteiger charge is 2.15. The van der Waals surface area contributed by atoms with Gasteiger partial charge in [0.1, 0.15) is 0 Å². The van der Waals surface area contributed by atoms with E-state index in [1.54, 1.807) is 24.6 Å². The highest BCUT2D eigenvalue weighted by molar-refractivity contribution is 7.99. The Kier molecular flexibility index (Phi) is 6.00. The number of benzene rings is 1. The number of rotatable bonds is 5. The Hall–Kier alpha value is -2.06. The molecule has 0 fully saturated rings. The van der Waals surface area contributed by atoms with Gasteiger partial charge in [0.15, 0.2) is 11.0 Å². The van der Waals surface area contributed by atoms with Crippen LogP contribution in [0.3, 0.4) is 0 Å². The summed E-state index contributed by atoms with van der Waals surface area (Å²) in [5.74, 6) is 0.275. The lowest BCUT2D eigenvalue weighted by Gasteiger charge is -2.06. The van der Waals surface area contributed by atoms with Gasteiger partial charge in [-0.1, -0.05) is 35.5 Å². The maximum Gasteiger partial charge on any atom is 0.321 e. The van der Waals surface area contributed by atoms with Gasteiger partial charge < -0.3 is 9.88 Å². The van der Waals surface area contributed by atoms with E-state index in [-0.39, 0.29) is 5.75 Å². The number of aromatic nitrogens is 3. The van der Waals surface area contributed by atoms with Gasteiger partial charge in [-0.3, -0.25) is 10.1 Å². The number of nitrogens with one attached hydrogen (secondary N) is 2. The normalized spacial score (nSPS) is 10.4. The molecule has 1 heterocycles. The fourth-order valence-corrected chi connectivity index (χ4v) is 2.75. The molecule has 0 atom stereocenters. The Morgan fingerprint density at radius 2 is 2.04 bits per heavy atom. The molecule has 23 heavy (non-hydrogen) atoms. The van der Waals surface area contributed by atoms with E-state index in [9.17, 15) is 9.59 Å². The van der Waals surface area contributed by atoms with Gasteiger partial charge in [-0.05, 0) is 19.1 Å². The first kappa shape index (κ1) is 17.3. The summed E-state index contributed by atoms with van der Waals surface area (Å²) in [6, 6.07) is 6.82. The van der Waals surface area contributed by atoms with Gasteiger partial charge in [0.25, 0.3) is 0 Å². The van der Waals surface area contributed by atoms with Crippen molar-refractivity contribution < 1.29 is 9.59 Å². The molecule has 1 aromatic heterocycles. The van der Waals surface area contributed by atoms with E-state index in [4.69, 9.17) is 11.6 Å². The van der Waals surface area contributed by atoms with E-state index >= 15 is 0 Å². The third-order valence-electron chi connectivity index (χ3n) is 2.87. The number of thioether (sulfide) groups is 1. The molecule has 0 aliphatic carbocycles. The molecule has 0 saturated heterocycles. The van der Waals surface area contributed by atoms with Crippen LogP contribution in [0.4, 0.5) is 4.79 Å². The maximum absolute atomic E-state index is 11.7. The summed E-state index contributed by atoms with van der Waals surface area (Å²) >= 11 is 7.35. The predicted molar refractivity (Wildman–Crippen MR) is 89.4 cm³/mol. The molecule has 1 aromatic carbocycles. The molecule has 7 nitrogen and oxygen atoms in total. The fourth-order valence-electron chi connectivity index (χ4n) is 1.82. The van der Waals surface area contributed by atoms with E-state index < -0.39 is 11.9 Å². The van der Waals surface area contributed by atoms with Crippen molar-refractivity contribution in [3.63, 3.8) is 0 Å². The molecule has 0 radical (unpaired) electrons. The minimum Gasteiger partial charge on any atom is -0.338 e. The van der Waals surface area contributed by atoms with Gasteiger partial charge in [-0.25, -0.2) is 4.79 Å². The summed E-state index contributed by atoms with van der Waals surface area (Å²) < 4.78 is 1.76. The van der Waals surface area contributed by atoms with E-state index in [2.05, 4.69) is 20.8 Å². The Morgan fingerprint density at radius 3 is 2.74 bits per heavy atom. The molecule has 0 aliphatic rings. The van der Waals surface area contributed by atoms with Gasteiger partial charge >= 0.3 is 6.03 Å². The molecule has 0 bridgehead atoms. The second-order valence-electron chi connectivity index (χ2n) is 4.54. The van der Waals surface area contributed by atoms with Gasteiger partial charge in [0.05, 0.1) is 10.8 Å². The summed E-state index contributed by atoms with van der Waals surface area (Å²) in [6.45, 7) is 2.23. The first-order valence-corrected chi connectivity index (χ1v) is 8.24. The third-order valence-corrected chi connectivity index (χ3v) is 4.22. The zero-order valence-corrected chi connectivity index (χ0v) is 14.2. The zero-order valence-electron chi connectivity index (χ0n) is 12.7. The van der Waals surface area contributed by atoms with Crippen LogP contribution in [-0.2, 0) is 11.8 Å². The number of halogens is 1. The minimum absolute atomic E-state index is 0.0611. The minimum atomic E-state index is -0.507. The van der Waals surface area contributed by atoms with E-state index in [0.717, 1.165) is 5.56 Å². The lowest BCUT2D eigenvalue weighted by atomic mass is 10.2. The van der Waals surface area contributed by atoms with Crippen LogP contribution in [0.25, 0.3) is 11.4 Å². The van der Waals surface area contributed by atoms with Crippen molar-refractivity contribution in [2.24, 2.45) is 7.05 Å². The lowest BCUT2D eigenvalue weighted by molar-refractivity contribution is -0.117. The number of carbonyl (C=O) groups is 2. The number of amides is 3. The van der Waals surface area contributed by atoms with E-state index in [0.29, 0.717) is 22.5 Å². The standard InChI is InChI=1S/C14H16ClN5O2S/c1-3-16-13(22)17-11(21)8-23-14-19-18-12(20(14)2)9-6-4-5-7-10(9)15/h4-7H,3,8H2,1-2H3,(H2,16,17,21,22). The van der Waals surface area contributed by atoms with E-state index in [1.165, 1.54) is 11.8 Å². The molecule has 122 valence electrons. The fraction of sp³-hybridized carbons (Fsp3) is 0.286. The van der Waals surface area contributed by atoms with Crippen molar-refractivity contribution in [3.8, 4) is 11.4 Å². The molecule has 2 rings (SSSR count). The molecule has 9 heteroatoms. The van der Waals surface area contributed by atoms with Crippen molar-refractivity contribution in [2.45, 2.75) is 12.1 Å². The second-order valence-corrected chi connectivity index (χ2v) is 5.89. The first-order chi connectivity index (χ1) is 11.0. The Morgan fingerprint density at radius 1 is 1.30 bits per heavy atom. The van der Waals surface area contributed by atoms with Crippen molar-refractivity contribution >= 4 is 35.3 Å². The number of hydrogen-bond acceptors (Lipinski definition) is 5. The van der Waals surface area contributed by atoms with Crippen LogP contribution in [0, 0.1) is 0 Å². The van der Waals surface area contributed by atoms with Crippen molar-refractivity contribution in [1.82, 2.24) is 25.4 Å². The van der Waals surface area contributed by atoms with Gasteiger partial charge in [-0.15, -0.1) is 10.2 Å². The van der Waals surface area contributed by atoms with Crippen molar-refractivity contribution in [1.29, 1.82) is 0 Å². The largest absolute Gasteiger partial charge is 0.338 e. The maximum atomic E-state index is 11.7. The first-order valence-electron chi connectivity index (χ1n) is 6.87. The van der Waals surface area contributed by atoms with Gasteiger partial charge in [0.2, 0.25) is 5.91 Å². The summed E-state index contributed by atoms with van der Waals surface area (Å²) in [4.78, 5) is 22.9. The third kappa shape index (κ3) is 4.46. The topological polar surface area (TPSA) is 88.9 Å². The van der Waals surface area contributed by atoms with Crippen LogP contribution in [-0.4, -0.2) is 39.0 Å². The van der Waals surface area contributed by atoms with Crippen LogP contribution >= 0.6 is 23.4 Å². The molecule has 2 aromatic rings. The molecule has 0 spiro atoms. The van der Waals surface area contributed by atoms with Gasteiger partial charge in [0, 0.05) is 19.2 Å². The number of nitrogens with zero attached hydrogens (tertiary/aromatic N) is 3. The molecule has 2 N–H and O–H groups in total. The number of imide groups is 1. The van der Waals surface area contributed by atoms with Crippen LogP contribution in [0.2, 0.25) is 5.02 Å². The molecular weight excluding hydrogens is 338 g/mol. The summed E-state index contributed by atoms with van der Waals surface area (Å²) in [5.41, 5.74) is 0.766. The Balaban J connectivity index is 2.02. The highest BCUT2D eigenvalue weighted by atomic mass is 35.5. The average Bonchev–Trinajstić information content (AvgIpc) is 2.87. The van der Waals surface area contributed by atoms with E-state index in [1.807, 2.05) is 18.2 Å². The monoisotopic (exact) mass is 353 g/mol. The highest BCUT2D eigenvalue weighted by Crippen LogP contribution is 2.28. The summed E-state index contributed by atoms with van der Waals surface area (Å²) in [5, 5.41) is 14.0. The Bertz CT molecular complexity index is 719.